The molecule has 144 valence electrons. The average Bonchev–Trinajstić information content (AvgIpc) is 2.72. The first kappa shape index (κ1) is 19.1. The number of carbonyl (C=O) groups excluding carboxylic acids is 2. The number of hydrogen-bond acceptors (Lipinski definition) is 4. The van der Waals surface area contributed by atoms with Gasteiger partial charge in [0.25, 0.3) is 5.69 Å². The van der Waals surface area contributed by atoms with Gasteiger partial charge >= 0.3 is 0 Å². The Kier molecular flexibility index (Phi) is 6.21. The monoisotopic (exact) mass is 371 g/mol. The third-order valence-corrected chi connectivity index (χ3v) is 5.36. The van der Waals surface area contributed by atoms with E-state index in [2.05, 4.69) is 0 Å². The van der Waals surface area contributed by atoms with Crippen molar-refractivity contribution in [3.63, 3.8) is 0 Å². The van der Waals surface area contributed by atoms with Gasteiger partial charge in [-0.2, -0.15) is 0 Å². The second-order valence-corrected chi connectivity index (χ2v) is 7.17. The number of rotatable bonds is 4. The summed E-state index contributed by atoms with van der Waals surface area (Å²) in [6.45, 7) is 2.20. The van der Waals surface area contributed by atoms with Crippen molar-refractivity contribution in [1.82, 2.24) is 9.80 Å². The van der Waals surface area contributed by atoms with Crippen LogP contribution in [-0.2, 0) is 9.59 Å². The van der Waals surface area contributed by atoms with Crippen LogP contribution in [0.2, 0.25) is 0 Å². The first-order valence-electron chi connectivity index (χ1n) is 9.55. The van der Waals surface area contributed by atoms with E-state index in [1.807, 2.05) is 4.90 Å². The molecule has 2 aliphatic rings. The largest absolute Gasteiger partial charge is 0.339 e. The Balaban J connectivity index is 1.51. The topological polar surface area (TPSA) is 83.8 Å². The number of nitro benzene ring substituents is 1. The molecule has 0 radical (unpaired) electrons. The molecule has 0 bridgehead atoms. The number of nitro groups is 1. The lowest BCUT2D eigenvalue weighted by molar-refractivity contribution is -0.384. The van der Waals surface area contributed by atoms with Crippen LogP contribution in [0, 0.1) is 16.0 Å². The molecule has 2 amide bonds. The van der Waals surface area contributed by atoms with Crippen LogP contribution in [0.5, 0.6) is 0 Å². The van der Waals surface area contributed by atoms with Crippen LogP contribution in [0.4, 0.5) is 5.69 Å². The van der Waals surface area contributed by atoms with Crippen molar-refractivity contribution < 1.29 is 14.5 Å². The van der Waals surface area contributed by atoms with Crippen LogP contribution in [-0.4, -0.2) is 52.7 Å². The zero-order valence-electron chi connectivity index (χ0n) is 15.4. The first-order valence-corrected chi connectivity index (χ1v) is 9.55. The fraction of sp³-hybridized carbons (Fsp3) is 0.500. The minimum atomic E-state index is -0.457. The van der Waals surface area contributed by atoms with E-state index in [0.29, 0.717) is 31.7 Å². The maximum Gasteiger partial charge on any atom is 0.270 e. The van der Waals surface area contributed by atoms with Gasteiger partial charge in [-0.15, -0.1) is 0 Å². The van der Waals surface area contributed by atoms with Crippen molar-refractivity contribution in [3.05, 3.63) is 46.0 Å². The summed E-state index contributed by atoms with van der Waals surface area (Å²) in [5.74, 6) is 0.273. The van der Waals surface area contributed by atoms with Gasteiger partial charge in [-0.25, -0.2) is 0 Å². The Morgan fingerprint density at radius 1 is 1.04 bits per heavy atom. The molecule has 1 aromatic rings. The van der Waals surface area contributed by atoms with E-state index < -0.39 is 4.92 Å². The lowest BCUT2D eigenvalue weighted by Gasteiger charge is -2.36. The Labute approximate surface area is 158 Å². The molecule has 2 fully saturated rings. The Morgan fingerprint density at radius 3 is 2.37 bits per heavy atom. The quantitative estimate of drug-likeness (QED) is 0.463. The molecule has 0 atom stereocenters. The molecule has 1 saturated carbocycles. The van der Waals surface area contributed by atoms with Gasteiger partial charge in [0, 0.05) is 50.3 Å². The minimum absolute atomic E-state index is 0.000520. The van der Waals surface area contributed by atoms with Crippen molar-refractivity contribution in [2.24, 2.45) is 5.92 Å². The second kappa shape index (κ2) is 8.79. The third kappa shape index (κ3) is 4.93. The normalized spacial score (nSPS) is 18.7. The predicted octanol–water partition coefficient (Wildman–Crippen LogP) is 2.86. The zero-order chi connectivity index (χ0) is 19.2. The van der Waals surface area contributed by atoms with Crippen molar-refractivity contribution in [3.8, 4) is 0 Å². The van der Waals surface area contributed by atoms with Crippen molar-refractivity contribution in [2.45, 2.75) is 32.1 Å². The van der Waals surface area contributed by atoms with E-state index in [1.54, 1.807) is 23.1 Å². The second-order valence-electron chi connectivity index (χ2n) is 7.17. The molecule has 0 N–H and O–H groups in total. The van der Waals surface area contributed by atoms with Gasteiger partial charge in [-0.05, 0) is 24.5 Å². The third-order valence-electron chi connectivity index (χ3n) is 5.36. The summed E-state index contributed by atoms with van der Waals surface area (Å²) in [6.07, 6.45) is 8.51. The zero-order valence-corrected chi connectivity index (χ0v) is 15.4. The molecule has 1 heterocycles. The number of non-ortho nitro benzene ring substituents is 1. The summed E-state index contributed by atoms with van der Waals surface area (Å²) in [5.41, 5.74) is 0.614. The summed E-state index contributed by atoms with van der Waals surface area (Å²) in [6, 6.07) is 6.17. The molecule has 1 aliphatic carbocycles. The molecule has 0 spiro atoms. The molecule has 7 nitrogen and oxygen atoms in total. The highest BCUT2D eigenvalue weighted by molar-refractivity contribution is 5.92. The van der Waals surface area contributed by atoms with Gasteiger partial charge in [0.2, 0.25) is 11.8 Å². The van der Waals surface area contributed by atoms with E-state index in [1.165, 1.54) is 24.6 Å². The summed E-state index contributed by atoms with van der Waals surface area (Å²) in [5, 5.41) is 10.8. The van der Waals surface area contributed by atoms with E-state index >= 15 is 0 Å². The van der Waals surface area contributed by atoms with Gasteiger partial charge in [-0.1, -0.05) is 31.4 Å². The minimum Gasteiger partial charge on any atom is -0.339 e. The van der Waals surface area contributed by atoms with Crippen molar-refractivity contribution in [1.29, 1.82) is 0 Å². The van der Waals surface area contributed by atoms with Crippen LogP contribution in [0.25, 0.3) is 6.08 Å². The van der Waals surface area contributed by atoms with E-state index in [9.17, 15) is 19.7 Å². The molecule has 1 aliphatic heterocycles. The number of benzene rings is 1. The molecule has 3 rings (SSSR count). The maximum atomic E-state index is 12.6. The van der Waals surface area contributed by atoms with Gasteiger partial charge in [0.15, 0.2) is 0 Å². The van der Waals surface area contributed by atoms with E-state index in [0.717, 1.165) is 25.7 Å². The highest BCUT2D eigenvalue weighted by Gasteiger charge is 2.29. The molecule has 27 heavy (non-hydrogen) atoms. The smallest absolute Gasteiger partial charge is 0.270 e. The number of piperazine rings is 1. The molecule has 1 aromatic carbocycles. The molecule has 1 saturated heterocycles. The van der Waals surface area contributed by atoms with Crippen LogP contribution < -0.4 is 0 Å². The fourth-order valence-electron chi connectivity index (χ4n) is 3.77. The number of amides is 2. The molecular weight excluding hydrogens is 346 g/mol. The van der Waals surface area contributed by atoms with Gasteiger partial charge < -0.3 is 9.80 Å². The number of carbonyl (C=O) groups is 2. The highest BCUT2D eigenvalue weighted by atomic mass is 16.6. The summed E-state index contributed by atoms with van der Waals surface area (Å²) < 4.78 is 0. The van der Waals surface area contributed by atoms with Gasteiger partial charge in [0.05, 0.1) is 4.92 Å². The number of nitrogens with zero attached hydrogens (tertiary/aromatic N) is 3. The van der Waals surface area contributed by atoms with Crippen LogP contribution in [0.3, 0.4) is 0 Å². The van der Waals surface area contributed by atoms with E-state index in [-0.39, 0.29) is 23.4 Å². The molecule has 0 unspecified atom stereocenters. The average molecular weight is 371 g/mol. The van der Waals surface area contributed by atoms with Crippen LogP contribution in [0.1, 0.15) is 37.7 Å². The Bertz CT molecular complexity index is 732. The highest BCUT2D eigenvalue weighted by Crippen LogP contribution is 2.25. The fourth-order valence-corrected chi connectivity index (χ4v) is 3.77. The summed E-state index contributed by atoms with van der Waals surface area (Å²) in [7, 11) is 0. The SMILES string of the molecule is O=C(/C=C/c1cccc([N+](=O)[O-])c1)N1CCN(C(=O)C2CCCCC2)CC1. The van der Waals surface area contributed by atoms with E-state index in [4.69, 9.17) is 0 Å². The number of hydrogen-bond donors (Lipinski definition) is 0. The van der Waals surface area contributed by atoms with Crippen LogP contribution >= 0.6 is 0 Å². The van der Waals surface area contributed by atoms with Crippen molar-refractivity contribution >= 4 is 23.6 Å². The maximum absolute atomic E-state index is 12.6. The molecule has 7 heteroatoms. The first-order chi connectivity index (χ1) is 13.0. The summed E-state index contributed by atoms with van der Waals surface area (Å²) >= 11 is 0. The lowest BCUT2D eigenvalue weighted by atomic mass is 9.88. The standard InChI is InChI=1S/C20H25N3O4/c24-19(10-9-16-5-4-8-18(15-16)23(26)27)21-11-13-22(14-12-21)20(25)17-6-2-1-3-7-17/h4-5,8-10,15,17H,1-3,6-7,11-14H2/b10-9+. The van der Waals surface area contributed by atoms with Crippen LogP contribution in [0.15, 0.2) is 30.3 Å². The predicted molar refractivity (Wildman–Crippen MR) is 102 cm³/mol. The van der Waals surface area contributed by atoms with Crippen molar-refractivity contribution in [2.75, 3.05) is 26.2 Å². The lowest BCUT2D eigenvalue weighted by Crippen LogP contribution is -2.51. The molecular formula is C20H25N3O4. The molecule has 0 aromatic heterocycles. The van der Waals surface area contributed by atoms with Gasteiger partial charge in [0.1, 0.15) is 0 Å². The summed E-state index contributed by atoms with van der Waals surface area (Å²) in [4.78, 5) is 38.9. The Morgan fingerprint density at radius 2 is 1.70 bits per heavy atom. The van der Waals surface area contributed by atoms with Gasteiger partial charge in [-0.3, -0.25) is 19.7 Å². The Hall–Kier alpha value is -2.70.